The number of hydrogen-bond donors (Lipinski definition) is 2. The van der Waals surface area contributed by atoms with E-state index in [-0.39, 0.29) is 11.5 Å². The zero-order valence-corrected chi connectivity index (χ0v) is 12.1. The van der Waals surface area contributed by atoms with Gasteiger partial charge in [0.05, 0.1) is 16.9 Å². The van der Waals surface area contributed by atoms with Gasteiger partial charge in [0.1, 0.15) is 0 Å². The van der Waals surface area contributed by atoms with E-state index in [4.69, 9.17) is 10.8 Å². The van der Waals surface area contributed by atoms with Crippen molar-refractivity contribution in [2.75, 3.05) is 38.3 Å². The van der Waals surface area contributed by atoms with Crippen LogP contribution in [-0.4, -0.2) is 49.6 Å². The van der Waals surface area contributed by atoms with Crippen molar-refractivity contribution in [3.8, 4) is 0 Å². The molecule has 0 saturated carbocycles. The van der Waals surface area contributed by atoms with Gasteiger partial charge < -0.3 is 20.6 Å². The molecule has 0 aliphatic carbocycles. The van der Waals surface area contributed by atoms with Gasteiger partial charge >= 0.3 is 5.97 Å². The number of benzene rings is 1. The molecule has 1 rings (SSSR count). The Morgan fingerprint density at radius 1 is 1.25 bits per heavy atom. The first-order chi connectivity index (χ1) is 9.32. The second-order valence-electron chi connectivity index (χ2n) is 4.89. The summed E-state index contributed by atoms with van der Waals surface area (Å²) in [6, 6.07) is 4.65. The maximum absolute atomic E-state index is 11.5. The Bertz CT molecular complexity index is 500. The predicted molar refractivity (Wildman–Crippen MR) is 79.0 cm³/mol. The molecule has 6 nitrogen and oxygen atoms in total. The minimum absolute atomic E-state index is 0.0904. The van der Waals surface area contributed by atoms with E-state index in [2.05, 4.69) is 0 Å². The van der Waals surface area contributed by atoms with E-state index >= 15 is 0 Å². The topological polar surface area (TPSA) is 86.9 Å². The van der Waals surface area contributed by atoms with Crippen LogP contribution >= 0.6 is 0 Å². The van der Waals surface area contributed by atoms with Crippen LogP contribution in [0.2, 0.25) is 0 Å². The molecule has 0 aromatic heterocycles. The summed E-state index contributed by atoms with van der Waals surface area (Å²) in [5, 5.41) is 8.88. The van der Waals surface area contributed by atoms with E-state index in [1.807, 2.05) is 11.9 Å². The molecule has 3 N–H and O–H groups in total. The zero-order valence-electron chi connectivity index (χ0n) is 12.1. The van der Waals surface area contributed by atoms with Gasteiger partial charge in [-0.3, -0.25) is 4.79 Å². The molecule has 0 unspecified atom stereocenters. The number of carboxylic acids is 1. The average Bonchev–Trinajstić information content (AvgIpc) is 2.37. The Morgan fingerprint density at radius 3 is 2.40 bits per heavy atom. The lowest BCUT2D eigenvalue weighted by Gasteiger charge is -2.21. The molecule has 0 atom stereocenters. The van der Waals surface area contributed by atoms with Gasteiger partial charge in [-0.2, -0.15) is 0 Å². The summed E-state index contributed by atoms with van der Waals surface area (Å²) < 4.78 is 0. The summed E-state index contributed by atoms with van der Waals surface area (Å²) in [6.07, 6.45) is 1.19. The van der Waals surface area contributed by atoms with Crippen LogP contribution in [0.3, 0.4) is 0 Å². The number of rotatable bonds is 6. The molecule has 0 bridgehead atoms. The van der Waals surface area contributed by atoms with Crippen LogP contribution in [-0.2, 0) is 4.79 Å². The minimum Gasteiger partial charge on any atom is -0.478 e. The maximum Gasteiger partial charge on any atom is 0.335 e. The Balaban J connectivity index is 2.62. The van der Waals surface area contributed by atoms with Gasteiger partial charge in [-0.05, 0) is 24.6 Å². The van der Waals surface area contributed by atoms with Gasteiger partial charge in [0.15, 0.2) is 0 Å². The smallest absolute Gasteiger partial charge is 0.335 e. The number of nitrogens with zero attached hydrogens (tertiary/aromatic N) is 2. The van der Waals surface area contributed by atoms with E-state index in [1.165, 1.54) is 12.1 Å². The normalized spacial score (nSPS) is 10.2. The number of amides is 1. The predicted octanol–water partition coefficient (Wildman–Crippen LogP) is 1.27. The van der Waals surface area contributed by atoms with E-state index in [0.717, 1.165) is 5.69 Å². The van der Waals surface area contributed by atoms with Crippen molar-refractivity contribution in [3.63, 3.8) is 0 Å². The summed E-state index contributed by atoms with van der Waals surface area (Å²) in [4.78, 5) is 25.8. The van der Waals surface area contributed by atoms with Crippen molar-refractivity contribution in [2.24, 2.45) is 0 Å². The molecule has 20 heavy (non-hydrogen) atoms. The highest BCUT2D eigenvalue weighted by Crippen LogP contribution is 2.23. The van der Waals surface area contributed by atoms with Crippen LogP contribution in [0.5, 0.6) is 0 Å². The first-order valence-corrected chi connectivity index (χ1v) is 6.37. The van der Waals surface area contributed by atoms with Crippen molar-refractivity contribution in [1.29, 1.82) is 0 Å². The summed E-state index contributed by atoms with van der Waals surface area (Å²) >= 11 is 0. The second kappa shape index (κ2) is 6.79. The van der Waals surface area contributed by atoms with Crippen molar-refractivity contribution in [2.45, 2.75) is 12.8 Å². The number of carbonyl (C=O) groups is 2. The van der Waals surface area contributed by atoms with E-state index in [9.17, 15) is 9.59 Å². The highest BCUT2D eigenvalue weighted by Gasteiger charge is 2.10. The summed E-state index contributed by atoms with van der Waals surface area (Å²) in [6.45, 7) is 0.677. The molecule has 0 aliphatic rings. The lowest BCUT2D eigenvalue weighted by Crippen LogP contribution is -2.25. The molecule has 1 aromatic carbocycles. The SMILES string of the molecule is CN(C)C(=O)CCCN(C)c1ccc(C(=O)O)cc1N. The first-order valence-electron chi connectivity index (χ1n) is 6.37. The van der Waals surface area contributed by atoms with Gasteiger partial charge in [0.2, 0.25) is 5.91 Å². The van der Waals surface area contributed by atoms with Crippen LogP contribution in [0.15, 0.2) is 18.2 Å². The summed E-state index contributed by atoms with van der Waals surface area (Å²) in [5.41, 5.74) is 7.22. The monoisotopic (exact) mass is 279 g/mol. The third-order valence-electron chi connectivity index (χ3n) is 3.07. The molecular formula is C14H21N3O3. The summed E-state index contributed by atoms with van der Waals surface area (Å²) in [7, 11) is 5.33. The average molecular weight is 279 g/mol. The van der Waals surface area contributed by atoms with Crippen LogP contribution in [0.25, 0.3) is 0 Å². The number of hydrogen-bond acceptors (Lipinski definition) is 4. The zero-order chi connectivity index (χ0) is 15.3. The molecule has 0 aliphatic heterocycles. The lowest BCUT2D eigenvalue weighted by molar-refractivity contribution is -0.128. The van der Waals surface area contributed by atoms with Crippen LogP contribution in [0, 0.1) is 0 Å². The van der Waals surface area contributed by atoms with E-state index < -0.39 is 5.97 Å². The van der Waals surface area contributed by atoms with E-state index in [0.29, 0.717) is 25.1 Å². The standard InChI is InChI=1S/C14H21N3O3/c1-16(2)13(18)5-4-8-17(3)12-7-6-10(14(19)20)9-11(12)15/h6-7,9H,4-5,8,15H2,1-3H3,(H,19,20). The Morgan fingerprint density at radius 2 is 1.90 bits per heavy atom. The summed E-state index contributed by atoms with van der Waals surface area (Å²) in [5.74, 6) is -0.907. The Labute approximate surface area is 118 Å². The Kier molecular flexibility index (Phi) is 5.37. The molecule has 0 radical (unpaired) electrons. The second-order valence-corrected chi connectivity index (χ2v) is 4.89. The molecule has 110 valence electrons. The molecule has 0 heterocycles. The number of carbonyl (C=O) groups excluding carboxylic acids is 1. The van der Waals surface area contributed by atoms with Gasteiger partial charge in [-0.25, -0.2) is 4.79 Å². The van der Waals surface area contributed by atoms with Crippen LogP contribution in [0.1, 0.15) is 23.2 Å². The first kappa shape index (κ1) is 15.8. The van der Waals surface area contributed by atoms with Crippen molar-refractivity contribution in [1.82, 2.24) is 4.90 Å². The number of aromatic carboxylic acids is 1. The molecular weight excluding hydrogens is 258 g/mol. The van der Waals surface area contributed by atoms with Crippen molar-refractivity contribution < 1.29 is 14.7 Å². The van der Waals surface area contributed by atoms with Gasteiger partial charge in [0, 0.05) is 34.1 Å². The lowest BCUT2D eigenvalue weighted by atomic mass is 10.1. The largest absolute Gasteiger partial charge is 0.478 e. The third kappa shape index (κ3) is 4.15. The number of nitrogens with two attached hydrogens (primary N) is 1. The van der Waals surface area contributed by atoms with Gasteiger partial charge in [-0.15, -0.1) is 0 Å². The molecule has 1 amide bonds. The fourth-order valence-electron chi connectivity index (χ4n) is 1.85. The van der Waals surface area contributed by atoms with Crippen molar-refractivity contribution >= 4 is 23.3 Å². The van der Waals surface area contributed by atoms with Crippen LogP contribution in [0.4, 0.5) is 11.4 Å². The highest BCUT2D eigenvalue weighted by molar-refractivity contribution is 5.90. The quantitative estimate of drug-likeness (QED) is 0.766. The van der Waals surface area contributed by atoms with Gasteiger partial charge in [-0.1, -0.05) is 0 Å². The number of nitrogen functional groups attached to an aromatic ring is 1. The Hall–Kier alpha value is -2.24. The molecule has 1 aromatic rings. The number of anilines is 2. The van der Waals surface area contributed by atoms with Gasteiger partial charge in [0.25, 0.3) is 0 Å². The highest BCUT2D eigenvalue weighted by atomic mass is 16.4. The fraction of sp³-hybridized carbons (Fsp3) is 0.429. The fourth-order valence-corrected chi connectivity index (χ4v) is 1.85. The van der Waals surface area contributed by atoms with Crippen LogP contribution < -0.4 is 10.6 Å². The molecule has 0 fully saturated rings. The minimum atomic E-state index is -0.998. The third-order valence-corrected chi connectivity index (χ3v) is 3.07. The number of carboxylic acid groups (broad SMARTS) is 1. The van der Waals surface area contributed by atoms with Crippen molar-refractivity contribution in [3.05, 3.63) is 23.8 Å². The van der Waals surface area contributed by atoms with E-state index in [1.54, 1.807) is 25.1 Å². The maximum atomic E-state index is 11.5. The molecule has 6 heteroatoms. The molecule has 0 spiro atoms. The molecule has 0 saturated heterocycles.